The summed E-state index contributed by atoms with van der Waals surface area (Å²) >= 11 is 0. The molecule has 32 heavy (non-hydrogen) atoms. The van der Waals surface area contributed by atoms with Gasteiger partial charge in [0, 0.05) is 11.7 Å². The molecule has 0 spiro atoms. The van der Waals surface area contributed by atoms with Crippen LogP contribution in [0.5, 0.6) is 0 Å². The van der Waals surface area contributed by atoms with E-state index in [1.165, 1.54) is 5.56 Å². The first-order valence-corrected chi connectivity index (χ1v) is 11.4. The van der Waals surface area contributed by atoms with Crippen LogP contribution < -0.4 is 5.56 Å². The first-order chi connectivity index (χ1) is 15.7. The standard InChI is InChI=1S/C26H25N5O/c1-3-17-9-8-12-19(15-17)31-24-22(23-25(31)29-21-14-7-6-13-20(21)28-23)26(32)30(16(2)27-24)18-10-4-5-11-18/h6-9,12-15,18H,3-5,10-11H2,1-2H3. The summed E-state index contributed by atoms with van der Waals surface area (Å²) in [5.74, 6) is 0.759. The molecular weight excluding hydrogens is 398 g/mol. The summed E-state index contributed by atoms with van der Waals surface area (Å²) in [6.07, 6.45) is 5.30. The average molecular weight is 424 g/mol. The van der Waals surface area contributed by atoms with Crippen LogP contribution in [0.4, 0.5) is 0 Å². The van der Waals surface area contributed by atoms with Crippen LogP contribution >= 0.6 is 0 Å². The zero-order valence-corrected chi connectivity index (χ0v) is 18.4. The number of fused-ring (bicyclic) bond motifs is 4. The Morgan fingerprint density at radius 3 is 2.44 bits per heavy atom. The lowest BCUT2D eigenvalue weighted by Gasteiger charge is -2.16. The second kappa shape index (κ2) is 7.26. The second-order valence-electron chi connectivity index (χ2n) is 8.71. The maximum atomic E-state index is 13.9. The highest BCUT2D eigenvalue weighted by Gasteiger charge is 2.26. The molecule has 3 heterocycles. The molecule has 6 heteroatoms. The first-order valence-electron chi connectivity index (χ1n) is 11.4. The van der Waals surface area contributed by atoms with Gasteiger partial charge in [-0.3, -0.25) is 13.9 Å². The highest BCUT2D eigenvalue weighted by atomic mass is 16.1. The Bertz CT molecular complexity index is 1560. The zero-order valence-electron chi connectivity index (χ0n) is 18.4. The topological polar surface area (TPSA) is 65.6 Å². The summed E-state index contributed by atoms with van der Waals surface area (Å²) in [6, 6.07) is 16.4. The zero-order chi connectivity index (χ0) is 21.8. The van der Waals surface area contributed by atoms with Gasteiger partial charge in [-0.2, -0.15) is 0 Å². The van der Waals surface area contributed by atoms with Gasteiger partial charge >= 0.3 is 0 Å². The molecule has 6 nitrogen and oxygen atoms in total. The predicted octanol–water partition coefficient (Wildman–Crippen LogP) is 5.27. The van der Waals surface area contributed by atoms with Gasteiger partial charge in [-0.15, -0.1) is 0 Å². The summed E-state index contributed by atoms with van der Waals surface area (Å²) in [5, 5.41) is 0.567. The van der Waals surface area contributed by atoms with Gasteiger partial charge in [0.05, 0.1) is 11.0 Å². The van der Waals surface area contributed by atoms with E-state index in [1.807, 2.05) is 46.4 Å². The minimum atomic E-state index is -0.000577. The van der Waals surface area contributed by atoms with Crippen molar-refractivity contribution in [2.75, 3.05) is 0 Å². The highest BCUT2D eigenvalue weighted by molar-refractivity contribution is 6.05. The predicted molar refractivity (Wildman–Crippen MR) is 128 cm³/mol. The molecule has 0 atom stereocenters. The molecule has 2 aromatic carbocycles. The van der Waals surface area contributed by atoms with Crippen molar-refractivity contribution in [1.29, 1.82) is 0 Å². The molecule has 5 aromatic rings. The van der Waals surface area contributed by atoms with Gasteiger partial charge in [0.2, 0.25) is 0 Å². The molecule has 0 amide bonds. The number of benzene rings is 2. The molecule has 160 valence electrons. The van der Waals surface area contributed by atoms with Crippen LogP contribution in [0.3, 0.4) is 0 Å². The molecule has 1 saturated carbocycles. The van der Waals surface area contributed by atoms with Crippen molar-refractivity contribution < 1.29 is 0 Å². The Balaban J connectivity index is 1.78. The van der Waals surface area contributed by atoms with Crippen LogP contribution in [0, 0.1) is 6.92 Å². The number of aromatic nitrogens is 5. The van der Waals surface area contributed by atoms with Crippen molar-refractivity contribution in [3.63, 3.8) is 0 Å². The number of hydrogen-bond acceptors (Lipinski definition) is 4. The quantitative estimate of drug-likeness (QED) is 0.397. The van der Waals surface area contributed by atoms with E-state index in [4.69, 9.17) is 15.0 Å². The maximum Gasteiger partial charge on any atom is 0.265 e. The van der Waals surface area contributed by atoms with Crippen molar-refractivity contribution in [3.8, 4) is 5.69 Å². The fraction of sp³-hybridized carbons (Fsp3) is 0.308. The molecule has 6 rings (SSSR count). The molecule has 0 aliphatic heterocycles. The van der Waals surface area contributed by atoms with Crippen molar-refractivity contribution in [3.05, 3.63) is 70.3 Å². The minimum Gasteiger partial charge on any atom is -0.293 e. The molecule has 1 aliphatic carbocycles. The smallest absolute Gasteiger partial charge is 0.265 e. The number of rotatable bonds is 3. The van der Waals surface area contributed by atoms with E-state index in [0.29, 0.717) is 22.2 Å². The molecule has 0 N–H and O–H groups in total. The molecule has 1 fully saturated rings. The third-order valence-corrected chi connectivity index (χ3v) is 6.75. The van der Waals surface area contributed by atoms with Crippen LogP contribution in [0.25, 0.3) is 38.9 Å². The Morgan fingerprint density at radius 2 is 1.69 bits per heavy atom. The lowest BCUT2D eigenvalue weighted by atomic mass is 10.1. The number of aryl methyl sites for hydroxylation is 2. The Morgan fingerprint density at radius 1 is 0.938 bits per heavy atom. The van der Waals surface area contributed by atoms with Gasteiger partial charge in [-0.1, -0.05) is 44.0 Å². The van der Waals surface area contributed by atoms with E-state index in [-0.39, 0.29) is 11.6 Å². The minimum absolute atomic E-state index is 0.000577. The molecule has 0 radical (unpaired) electrons. The Hall–Kier alpha value is -3.54. The van der Waals surface area contributed by atoms with E-state index in [9.17, 15) is 4.79 Å². The second-order valence-corrected chi connectivity index (χ2v) is 8.71. The van der Waals surface area contributed by atoms with Crippen molar-refractivity contribution in [2.24, 2.45) is 0 Å². The summed E-state index contributed by atoms with van der Waals surface area (Å²) in [5.41, 5.74) is 5.73. The summed E-state index contributed by atoms with van der Waals surface area (Å²) in [4.78, 5) is 28.8. The molecule has 3 aromatic heterocycles. The van der Waals surface area contributed by atoms with Crippen LogP contribution in [0.1, 0.15) is 50.0 Å². The molecule has 0 saturated heterocycles. The Kier molecular flexibility index (Phi) is 4.35. The number of para-hydroxylation sites is 2. The molecule has 0 bridgehead atoms. The van der Waals surface area contributed by atoms with E-state index in [0.717, 1.165) is 54.6 Å². The third kappa shape index (κ3) is 2.79. The van der Waals surface area contributed by atoms with Gasteiger partial charge < -0.3 is 0 Å². The summed E-state index contributed by atoms with van der Waals surface area (Å²) < 4.78 is 3.91. The fourth-order valence-electron chi connectivity index (χ4n) is 5.16. The lowest BCUT2D eigenvalue weighted by molar-refractivity contribution is 0.485. The van der Waals surface area contributed by atoms with Crippen LogP contribution in [0.2, 0.25) is 0 Å². The van der Waals surface area contributed by atoms with E-state index in [1.54, 1.807) is 0 Å². The lowest BCUT2D eigenvalue weighted by Crippen LogP contribution is -2.27. The van der Waals surface area contributed by atoms with Gasteiger partial charge in [-0.05, 0) is 56.0 Å². The Labute approximate surface area is 185 Å². The van der Waals surface area contributed by atoms with Crippen molar-refractivity contribution in [1.82, 2.24) is 24.1 Å². The van der Waals surface area contributed by atoms with Crippen LogP contribution in [-0.2, 0) is 6.42 Å². The highest BCUT2D eigenvalue weighted by Crippen LogP contribution is 2.32. The molecular formula is C26H25N5O. The molecule has 0 unspecified atom stereocenters. The van der Waals surface area contributed by atoms with E-state index in [2.05, 4.69) is 25.1 Å². The average Bonchev–Trinajstić information content (AvgIpc) is 3.43. The third-order valence-electron chi connectivity index (χ3n) is 6.75. The van der Waals surface area contributed by atoms with Gasteiger partial charge in [0.1, 0.15) is 16.7 Å². The fourth-order valence-corrected chi connectivity index (χ4v) is 5.16. The summed E-state index contributed by atoms with van der Waals surface area (Å²) in [6.45, 7) is 4.09. The molecule has 1 aliphatic rings. The summed E-state index contributed by atoms with van der Waals surface area (Å²) in [7, 11) is 0. The monoisotopic (exact) mass is 423 g/mol. The van der Waals surface area contributed by atoms with Crippen LogP contribution in [0.15, 0.2) is 53.3 Å². The van der Waals surface area contributed by atoms with E-state index >= 15 is 0 Å². The van der Waals surface area contributed by atoms with Gasteiger partial charge in [0.15, 0.2) is 11.3 Å². The van der Waals surface area contributed by atoms with Crippen molar-refractivity contribution in [2.45, 2.75) is 52.0 Å². The normalized spacial score (nSPS) is 14.8. The van der Waals surface area contributed by atoms with E-state index < -0.39 is 0 Å². The van der Waals surface area contributed by atoms with Crippen LogP contribution in [-0.4, -0.2) is 24.1 Å². The largest absolute Gasteiger partial charge is 0.293 e. The van der Waals surface area contributed by atoms with Crippen molar-refractivity contribution >= 4 is 33.2 Å². The number of nitrogens with zero attached hydrogens (tertiary/aromatic N) is 5. The van der Waals surface area contributed by atoms with Gasteiger partial charge in [0.25, 0.3) is 5.56 Å². The number of hydrogen-bond donors (Lipinski definition) is 0. The van der Waals surface area contributed by atoms with Gasteiger partial charge in [-0.25, -0.2) is 15.0 Å². The first kappa shape index (κ1) is 19.2. The maximum absolute atomic E-state index is 13.9. The SMILES string of the molecule is CCc1cccc(-n2c3nc4ccccc4nc3c3c(=O)n(C4CCCC4)c(C)nc32)c1.